The number of hydrogen-bond acceptors (Lipinski definition) is 4. The van der Waals surface area contributed by atoms with Crippen LogP contribution in [-0.4, -0.2) is 21.1 Å². The summed E-state index contributed by atoms with van der Waals surface area (Å²) in [5, 5.41) is 2.02. The highest BCUT2D eigenvalue weighted by molar-refractivity contribution is 8.26. The Labute approximate surface area is 170 Å². The Balaban J connectivity index is 1.72. The number of amides is 2. The Morgan fingerprint density at radius 2 is 1.92 bits per heavy atom. The van der Waals surface area contributed by atoms with Crippen LogP contribution in [0, 0.1) is 0 Å². The van der Waals surface area contributed by atoms with Gasteiger partial charge in [-0.25, -0.2) is 0 Å². The molecule has 8 heteroatoms. The van der Waals surface area contributed by atoms with Gasteiger partial charge in [-0.2, -0.15) is 5.01 Å². The minimum absolute atomic E-state index is 0.153. The number of carbonyl (C=O) groups is 2. The predicted molar refractivity (Wildman–Crippen MR) is 110 cm³/mol. The lowest BCUT2D eigenvalue weighted by Gasteiger charge is -2.15. The summed E-state index contributed by atoms with van der Waals surface area (Å²) in [7, 11) is 0. The third-order valence-corrected chi connectivity index (χ3v) is 5.35. The fourth-order valence-corrected chi connectivity index (χ4v) is 3.90. The Bertz CT molecular complexity index is 917. The van der Waals surface area contributed by atoms with Crippen LogP contribution in [-0.2, 0) is 16.0 Å². The summed E-state index contributed by atoms with van der Waals surface area (Å²) >= 11 is 18.3. The molecule has 0 aliphatic carbocycles. The van der Waals surface area contributed by atoms with E-state index in [-0.39, 0.29) is 16.6 Å². The Morgan fingerprint density at radius 1 is 1.19 bits per heavy atom. The average Bonchev–Trinajstić information content (AvgIpc) is 2.86. The summed E-state index contributed by atoms with van der Waals surface area (Å²) in [5.74, 6) is -0.717. The van der Waals surface area contributed by atoms with Crippen LogP contribution >= 0.6 is 47.2 Å². The van der Waals surface area contributed by atoms with Crippen molar-refractivity contribution in [2.24, 2.45) is 0 Å². The zero-order chi connectivity index (χ0) is 18.7. The molecule has 0 aromatic heterocycles. The molecule has 2 aromatic carbocycles. The summed E-state index contributed by atoms with van der Waals surface area (Å²) in [6, 6.07) is 14.2. The predicted octanol–water partition coefficient (Wildman–Crippen LogP) is 4.47. The highest BCUT2D eigenvalue weighted by Gasteiger charge is 2.33. The van der Waals surface area contributed by atoms with Gasteiger partial charge in [0.2, 0.25) is 5.91 Å². The van der Waals surface area contributed by atoms with Gasteiger partial charge in [-0.15, -0.1) is 0 Å². The monoisotopic (exact) mass is 422 g/mol. The number of benzene rings is 2. The number of hydrogen-bond donors (Lipinski definition) is 1. The molecule has 132 valence electrons. The third-order valence-electron chi connectivity index (χ3n) is 3.49. The molecular weight excluding hydrogens is 411 g/mol. The second-order valence-electron chi connectivity index (χ2n) is 5.38. The van der Waals surface area contributed by atoms with Crippen molar-refractivity contribution >= 4 is 69.4 Å². The summed E-state index contributed by atoms with van der Waals surface area (Å²) in [5.41, 5.74) is 4.05. The largest absolute Gasteiger partial charge is 0.285 e. The van der Waals surface area contributed by atoms with E-state index in [2.05, 4.69) is 5.43 Å². The average molecular weight is 423 g/mol. The lowest BCUT2D eigenvalue weighted by Crippen LogP contribution is -2.45. The van der Waals surface area contributed by atoms with Gasteiger partial charge in [0.25, 0.3) is 5.91 Å². The topological polar surface area (TPSA) is 49.4 Å². The second-order valence-corrected chi connectivity index (χ2v) is 7.90. The quantitative estimate of drug-likeness (QED) is 0.583. The van der Waals surface area contributed by atoms with E-state index in [9.17, 15) is 9.59 Å². The summed E-state index contributed by atoms with van der Waals surface area (Å²) in [4.78, 5) is 25.1. The molecule has 0 radical (unpaired) electrons. The molecule has 26 heavy (non-hydrogen) atoms. The molecule has 2 aromatic rings. The minimum atomic E-state index is -0.396. The van der Waals surface area contributed by atoms with Crippen LogP contribution in [0.5, 0.6) is 0 Å². The maximum atomic E-state index is 12.6. The molecule has 1 aliphatic heterocycles. The Morgan fingerprint density at radius 3 is 2.62 bits per heavy atom. The zero-order valence-corrected chi connectivity index (χ0v) is 16.4. The van der Waals surface area contributed by atoms with E-state index in [4.69, 9.17) is 35.4 Å². The molecule has 4 nitrogen and oxygen atoms in total. The molecule has 0 atom stereocenters. The standard InChI is InChI=1S/C18H12Cl2N2O2S2/c19-13-7-6-12(14(20)10-13)9-15-17(24)22(18(25)26-15)21-16(23)8-11-4-2-1-3-5-11/h1-7,9-10H,8H2,(H,21,23). The lowest BCUT2D eigenvalue weighted by atomic mass is 10.1. The molecule has 0 saturated carbocycles. The van der Waals surface area contributed by atoms with Crippen LogP contribution in [0.15, 0.2) is 53.4 Å². The van der Waals surface area contributed by atoms with E-state index in [1.54, 1.807) is 24.3 Å². The highest BCUT2D eigenvalue weighted by atomic mass is 35.5. The molecule has 1 saturated heterocycles. The molecule has 3 rings (SSSR count). The van der Waals surface area contributed by atoms with Crippen LogP contribution in [0.3, 0.4) is 0 Å². The van der Waals surface area contributed by atoms with Gasteiger partial charge in [-0.05, 0) is 41.6 Å². The van der Waals surface area contributed by atoms with E-state index < -0.39 is 5.91 Å². The number of carbonyl (C=O) groups excluding carboxylic acids is 2. The van der Waals surface area contributed by atoms with Crippen molar-refractivity contribution in [1.82, 2.24) is 10.4 Å². The van der Waals surface area contributed by atoms with Gasteiger partial charge >= 0.3 is 0 Å². The first kappa shape index (κ1) is 18.9. The lowest BCUT2D eigenvalue weighted by molar-refractivity contribution is -0.132. The molecule has 1 N–H and O–H groups in total. The van der Waals surface area contributed by atoms with Gasteiger partial charge in [0.05, 0.1) is 11.3 Å². The van der Waals surface area contributed by atoms with Crippen molar-refractivity contribution < 1.29 is 9.59 Å². The molecule has 2 amide bonds. The molecule has 0 spiro atoms. The molecule has 0 unspecified atom stereocenters. The van der Waals surface area contributed by atoms with Crippen molar-refractivity contribution in [3.63, 3.8) is 0 Å². The summed E-state index contributed by atoms with van der Waals surface area (Å²) in [6.45, 7) is 0. The van der Waals surface area contributed by atoms with Gasteiger partial charge in [0, 0.05) is 10.0 Å². The molecule has 0 bridgehead atoms. The van der Waals surface area contributed by atoms with Gasteiger partial charge in [0.15, 0.2) is 4.32 Å². The number of nitrogens with one attached hydrogen (secondary N) is 1. The van der Waals surface area contributed by atoms with E-state index in [0.29, 0.717) is 20.5 Å². The van der Waals surface area contributed by atoms with Crippen molar-refractivity contribution in [3.05, 3.63) is 74.6 Å². The normalized spacial score (nSPS) is 15.6. The first-order valence-corrected chi connectivity index (χ1v) is 9.48. The minimum Gasteiger partial charge on any atom is -0.273 e. The zero-order valence-electron chi connectivity index (χ0n) is 13.2. The maximum Gasteiger partial charge on any atom is 0.285 e. The molecule has 1 fully saturated rings. The first-order valence-electron chi connectivity index (χ1n) is 7.50. The van der Waals surface area contributed by atoms with Crippen molar-refractivity contribution in [2.45, 2.75) is 6.42 Å². The third kappa shape index (κ3) is 4.45. The maximum absolute atomic E-state index is 12.6. The first-order chi connectivity index (χ1) is 12.4. The number of thioether (sulfide) groups is 1. The second kappa shape index (κ2) is 8.22. The fourth-order valence-electron chi connectivity index (χ4n) is 2.27. The van der Waals surface area contributed by atoms with Crippen LogP contribution in [0.2, 0.25) is 10.0 Å². The van der Waals surface area contributed by atoms with Crippen molar-refractivity contribution in [2.75, 3.05) is 0 Å². The highest BCUT2D eigenvalue weighted by Crippen LogP contribution is 2.33. The Kier molecular flexibility index (Phi) is 5.98. The number of halogens is 2. The van der Waals surface area contributed by atoms with E-state index >= 15 is 0 Å². The molecule has 1 aliphatic rings. The van der Waals surface area contributed by atoms with E-state index in [0.717, 1.165) is 22.3 Å². The summed E-state index contributed by atoms with van der Waals surface area (Å²) in [6.07, 6.45) is 1.78. The summed E-state index contributed by atoms with van der Waals surface area (Å²) < 4.78 is 0.257. The van der Waals surface area contributed by atoms with Crippen LogP contribution in [0.4, 0.5) is 0 Å². The number of rotatable bonds is 4. The molecular formula is C18H12Cl2N2O2S2. The number of hydrazine groups is 1. The van der Waals surface area contributed by atoms with Crippen molar-refractivity contribution in [1.29, 1.82) is 0 Å². The van der Waals surface area contributed by atoms with Crippen molar-refractivity contribution in [3.8, 4) is 0 Å². The van der Waals surface area contributed by atoms with Crippen LogP contribution in [0.1, 0.15) is 11.1 Å². The van der Waals surface area contributed by atoms with Gasteiger partial charge in [-0.3, -0.25) is 15.0 Å². The van der Waals surface area contributed by atoms with E-state index in [1.165, 1.54) is 0 Å². The van der Waals surface area contributed by atoms with Crippen LogP contribution < -0.4 is 5.43 Å². The van der Waals surface area contributed by atoms with Gasteiger partial charge in [-0.1, -0.05) is 71.4 Å². The smallest absolute Gasteiger partial charge is 0.273 e. The van der Waals surface area contributed by atoms with Crippen LogP contribution in [0.25, 0.3) is 6.08 Å². The fraction of sp³-hybridized carbons (Fsp3) is 0.0556. The Hall–Kier alpha value is -1.86. The molecule has 1 heterocycles. The number of nitrogens with zero attached hydrogens (tertiary/aromatic N) is 1. The van der Waals surface area contributed by atoms with E-state index in [1.807, 2.05) is 30.3 Å². The SMILES string of the molecule is O=C(Cc1ccccc1)NN1C(=O)C(=Cc2ccc(Cl)cc2Cl)SC1=S. The van der Waals surface area contributed by atoms with Gasteiger partial charge < -0.3 is 0 Å². The van der Waals surface area contributed by atoms with Gasteiger partial charge in [0.1, 0.15) is 0 Å². The number of thiocarbonyl (C=S) groups is 1.